The SMILES string of the molecule is C=C(C)NC(=O)N1CCN(CCN)CC1. The Morgan fingerprint density at radius 2 is 2.00 bits per heavy atom. The summed E-state index contributed by atoms with van der Waals surface area (Å²) < 4.78 is 0. The van der Waals surface area contributed by atoms with Gasteiger partial charge in [0.15, 0.2) is 0 Å². The molecule has 0 aromatic heterocycles. The van der Waals surface area contributed by atoms with Gasteiger partial charge in [0.05, 0.1) is 0 Å². The average Bonchev–Trinajstić information content (AvgIpc) is 2.18. The molecule has 0 aliphatic carbocycles. The molecule has 0 spiro atoms. The summed E-state index contributed by atoms with van der Waals surface area (Å²) in [7, 11) is 0. The molecule has 3 N–H and O–H groups in total. The maximum Gasteiger partial charge on any atom is 0.321 e. The number of carbonyl (C=O) groups excluding carboxylic acids is 1. The minimum absolute atomic E-state index is 0.0464. The second kappa shape index (κ2) is 5.72. The van der Waals surface area contributed by atoms with Crippen molar-refractivity contribution < 1.29 is 4.79 Å². The van der Waals surface area contributed by atoms with Crippen LogP contribution >= 0.6 is 0 Å². The third kappa shape index (κ3) is 3.89. The number of hydrogen-bond acceptors (Lipinski definition) is 3. The maximum atomic E-state index is 11.6. The predicted octanol–water partition coefficient (Wildman–Crippen LogP) is -0.194. The lowest BCUT2D eigenvalue weighted by molar-refractivity contribution is 0.143. The van der Waals surface area contributed by atoms with Gasteiger partial charge in [-0.3, -0.25) is 4.90 Å². The molecular formula is C10H20N4O. The standard InChI is InChI=1S/C10H20N4O/c1-9(2)12-10(15)14-7-5-13(4-3-11)6-8-14/h1,3-8,11H2,2H3,(H,12,15). The van der Waals surface area contributed by atoms with Crippen molar-refractivity contribution in [3.05, 3.63) is 12.3 Å². The summed E-state index contributed by atoms with van der Waals surface area (Å²) in [6, 6.07) is -0.0464. The molecule has 5 nitrogen and oxygen atoms in total. The van der Waals surface area contributed by atoms with Crippen molar-refractivity contribution in [3.63, 3.8) is 0 Å². The first-order valence-corrected chi connectivity index (χ1v) is 5.27. The fourth-order valence-corrected chi connectivity index (χ4v) is 1.62. The average molecular weight is 212 g/mol. The molecule has 0 bridgehead atoms. The van der Waals surface area contributed by atoms with E-state index in [1.165, 1.54) is 0 Å². The lowest BCUT2D eigenvalue weighted by Gasteiger charge is -2.34. The quantitative estimate of drug-likeness (QED) is 0.681. The van der Waals surface area contributed by atoms with Crippen LogP contribution in [-0.2, 0) is 0 Å². The van der Waals surface area contributed by atoms with Crippen molar-refractivity contribution in [2.24, 2.45) is 5.73 Å². The molecule has 5 heteroatoms. The van der Waals surface area contributed by atoms with Gasteiger partial charge in [-0.05, 0) is 6.92 Å². The van der Waals surface area contributed by atoms with Crippen molar-refractivity contribution in [3.8, 4) is 0 Å². The van der Waals surface area contributed by atoms with Crippen molar-refractivity contribution >= 4 is 6.03 Å². The Kier molecular flexibility index (Phi) is 4.58. The highest BCUT2D eigenvalue weighted by molar-refractivity contribution is 5.75. The number of allylic oxidation sites excluding steroid dienone is 1. The van der Waals surface area contributed by atoms with E-state index >= 15 is 0 Å². The van der Waals surface area contributed by atoms with Gasteiger partial charge in [0.2, 0.25) is 0 Å². The Morgan fingerprint density at radius 1 is 1.40 bits per heavy atom. The van der Waals surface area contributed by atoms with Gasteiger partial charge >= 0.3 is 6.03 Å². The summed E-state index contributed by atoms with van der Waals surface area (Å²) in [5, 5.41) is 2.71. The number of nitrogens with one attached hydrogen (secondary N) is 1. The van der Waals surface area contributed by atoms with Gasteiger partial charge in [0.1, 0.15) is 0 Å². The first-order chi connectivity index (χ1) is 7.13. The summed E-state index contributed by atoms with van der Waals surface area (Å²) >= 11 is 0. The molecule has 0 aromatic rings. The summed E-state index contributed by atoms with van der Waals surface area (Å²) in [5.74, 6) is 0. The molecule has 1 heterocycles. The molecule has 0 radical (unpaired) electrons. The Bertz CT molecular complexity index is 234. The van der Waals surface area contributed by atoms with Gasteiger partial charge in [-0.1, -0.05) is 6.58 Å². The number of urea groups is 1. The molecule has 0 unspecified atom stereocenters. The lowest BCUT2D eigenvalue weighted by Crippen LogP contribution is -2.52. The second-order valence-electron chi connectivity index (χ2n) is 3.83. The highest BCUT2D eigenvalue weighted by atomic mass is 16.2. The molecule has 0 aromatic carbocycles. The normalized spacial score (nSPS) is 17.6. The molecule has 0 atom stereocenters. The van der Waals surface area contributed by atoms with Crippen LogP contribution in [0.3, 0.4) is 0 Å². The van der Waals surface area contributed by atoms with Crippen LogP contribution < -0.4 is 11.1 Å². The molecule has 86 valence electrons. The number of rotatable bonds is 3. The van der Waals surface area contributed by atoms with Crippen molar-refractivity contribution in [1.29, 1.82) is 0 Å². The zero-order valence-electron chi connectivity index (χ0n) is 9.33. The predicted molar refractivity (Wildman–Crippen MR) is 60.4 cm³/mol. The monoisotopic (exact) mass is 212 g/mol. The van der Waals surface area contributed by atoms with E-state index < -0.39 is 0 Å². The van der Waals surface area contributed by atoms with Gasteiger partial charge in [0, 0.05) is 45.0 Å². The molecule has 15 heavy (non-hydrogen) atoms. The van der Waals surface area contributed by atoms with E-state index in [0.29, 0.717) is 12.2 Å². The smallest absolute Gasteiger partial charge is 0.321 e. The molecule has 1 aliphatic heterocycles. The molecule has 2 amide bonds. The lowest BCUT2D eigenvalue weighted by atomic mass is 10.3. The molecule has 0 saturated carbocycles. The fraction of sp³-hybridized carbons (Fsp3) is 0.700. The summed E-state index contributed by atoms with van der Waals surface area (Å²) in [5.41, 5.74) is 6.16. The van der Waals surface area contributed by atoms with Crippen LogP contribution in [0.5, 0.6) is 0 Å². The van der Waals surface area contributed by atoms with Crippen LogP contribution in [0.25, 0.3) is 0 Å². The Balaban J connectivity index is 2.30. The Morgan fingerprint density at radius 3 is 2.47 bits per heavy atom. The first kappa shape index (κ1) is 12.0. The minimum atomic E-state index is -0.0464. The maximum absolute atomic E-state index is 11.6. The number of hydrogen-bond donors (Lipinski definition) is 2. The summed E-state index contributed by atoms with van der Waals surface area (Å²) in [4.78, 5) is 15.7. The van der Waals surface area contributed by atoms with Crippen LogP contribution in [-0.4, -0.2) is 55.1 Å². The molecule has 1 saturated heterocycles. The summed E-state index contributed by atoms with van der Waals surface area (Å²) in [6.07, 6.45) is 0. The van der Waals surface area contributed by atoms with Crippen molar-refractivity contribution in [2.75, 3.05) is 39.3 Å². The third-order valence-electron chi connectivity index (χ3n) is 2.43. The van der Waals surface area contributed by atoms with Crippen LogP contribution in [0.1, 0.15) is 6.92 Å². The Hall–Kier alpha value is -1.07. The van der Waals surface area contributed by atoms with Gasteiger partial charge in [0.25, 0.3) is 0 Å². The second-order valence-corrected chi connectivity index (χ2v) is 3.83. The van der Waals surface area contributed by atoms with E-state index in [-0.39, 0.29) is 6.03 Å². The number of nitrogens with zero attached hydrogens (tertiary/aromatic N) is 2. The molecule has 1 rings (SSSR count). The van der Waals surface area contributed by atoms with E-state index in [4.69, 9.17) is 5.73 Å². The number of nitrogens with two attached hydrogens (primary N) is 1. The molecule has 1 aliphatic rings. The van der Waals surface area contributed by atoms with E-state index in [0.717, 1.165) is 32.7 Å². The minimum Gasteiger partial charge on any atom is -0.329 e. The van der Waals surface area contributed by atoms with Gasteiger partial charge in [-0.15, -0.1) is 0 Å². The number of amides is 2. The van der Waals surface area contributed by atoms with Crippen LogP contribution in [0.2, 0.25) is 0 Å². The highest BCUT2D eigenvalue weighted by Gasteiger charge is 2.19. The topological polar surface area (TPSA) is 61.6 Å². The van der Waals surface area contributed by atoms with Gasteiger partial charge < -0.3 is 16.0 Å². The van der Waals surface area contributed by atoms with Crippen LogP contribution in [0.15, 0.2) is 12.3 Å². The molecular weight excluding hydrogens is 192 g/mol. The fourth-order valence-electron chi connectivity index (χ4n) is 1.62. The number of piperazine rings is 1. The van der Waals surface area contributed by atoms with Gasteiger partial charge in [-0.2, -0.15) is 0 Å². The Labute approximate surface area is 90.9 Å². The largest absolute Gasteiger partial charge is 0.329 e. The zero-order valence-corrected chi connectivity index (χ0v) is 9.33. The van der Waals surface area contributed by atoms with E-state index in [2.05, 4.69) is 16.8 Å². The van der Waals surface area contributed by atoms with Crippen molar-refractivity contribution in [1.82, 2.24) is 15.1 Å². The van der Waals surface area contributed by atoms with E-state index in [1.54, 1.807) is 6.92 Å². The van der Waals surface area contributed by atoms with E-state index in [1.807, 2.05) is 4.90 Å². The van der Waals surface area contributed by atoms with Crippen LogP contribution in [0, 0.1) is 0 Å². The number of carbonyl (C=O) groups is 1. The summed E-state index contributed by atoms with van der Waals surface area (Å²) in [6.45, 7) is 10.4. The third-order valence-corrected chi connectivity index (χ3v) is 2.43. The van der Waals surface area contributed by atoms with Crippen molar-refractivity contribution in [2.45, 2.75) is 6.92 Å². The van der Waals surface area contributed by atoms with Crippen LogP contribution in [0.4, 0.5) is 4.79 Å². The van der Waals surface area contributed by atoms with Gasteiger partial charge in [-0.25, -0.2) is 4.79 Å². The highest BCUT2D eigenvalue weighted by Crippen LogP contribution is 2.01. The van der Waals surface area contributed by atoms with E-state index in [9.17, 15) is 4.79 Å². The zero-order chi connectivity index (χ0) is 11.3. The molecule has 1 fully saturated rings. The first-order valence-electron chi connectivity index (χ1n) is 5.27.